The van der Waals surface area contributed by atoms with Gasteiger partial charge in [0.05, 0.1) is 22.6 Å². The number of aryl methyl sites for hydroxylation is 2. The van der Waals surface area contributed by atoms with Gasteiger partial charge in [-0.15, -0.1) is 0 Å². The summed E-state index contributed by atoms with van der Waals surface area (Å²) >= 11 is 0. The van der Waals surface area contributed by atoms with Crippen LogP contribution in [0.4, 0.5) is 0 Å². The van der Waals surface area contributed by atoms with Gasteiger partial charge >= 0.3 is 5.97 Å². The number of nitrogens with one attached hydrogen (secondary N) is 1. The number of carboxylic acids is 1. The Morgan fingerprint density at radius 3 is 2.52 bits per heavy atom. The lowest BCUT2D eigenvalue weighted by molar-refractivity contribution is -0.121. The molecular formula is C21H23N3O3. The van der Waals surface area contributed by atoms with Crippen molar-refractivity contribution in [2.75, 3.05) is 0 Å². The van der Waals surface area contributed by atoms with Crippen LogP contribution in [0.15, 0.2) is 48.5 Å². The minimum absolute atomic E-state index is 0.0560. The van der Waals surface area contributed by atoms with E-state index in [0.717, 1.165) is 29.0 Å². The average Bonchev–Trinajstić information content (AvgIpc) is 3.05. The number of carbonyl (C=O) groups excluding carboxylic acids is 1. The number of benzene rings is 2. The lowest BCUT2D eigenvalue weighted by atomic mass is 10.1. The Balaban J connectivity index is 1.63. The predicted octanol–water partition coefficient (Wildman–Crippen LogP) is 3.56. The Hall–Kier alpha value is -3.15. The number of imidazole rings is 1. The van der Waals surface area contributed by atoms with E-state index in [1.54, 1.807) is 24.3 Å². The third-order valence-electron chi connectivity index (χ3n) is 4.61. The molecule has 0 bridgehead atoms. The molecular weight excluding hydrogens is 342 g/mol. The Morgan fingerprint density at radius 2 is 1.85 bits per heavy atom. The van der Waals surface area contributed by atoms with Crippen LogP contribution in [0, 0.1) is 0 Å². The first kappa shape index (κ1) is 18.6. The zero-order chi connectivity index (χ0) is 19.4. The molecule has 1 amide bonds. The third kappa shape index (κ3) is 4.16. The molecule has 1 heterocycles. The highest BCUT2D eigenvalue weighted by Crippen LogP contribution is 2.20. The van der Waals surface area contributed by atoms with Gasteiger partial charge in [0, 0.05) is 13.0 Å². The van der Waals surface area contributed by atoms with Gasteiger partial charge in [-0.3, -0.25) is 4.79 Å². The molecule has 0 saturated heterocycles. The molecule has 6 heteroatoms. The summed E-state index contributed by atoms with van der Waals surface area (Å²) in [6, 6.07) is 14.4. The van der Waals surface area contributed by atoms with Crippen LogP contribution < -0.4 is 5.32 Å². The van der Waals surface area contributed by atoms with E-state index in [4.69, 9.17) is 5.11 Å². The Labute approximate surface area is 157 Å². The maximum Gasteiger partial charge on any atom is 0.335 e. The van der Waals surface area contributed by atoms with E-state index >= 15 is 0 Å². The standard InChI is InChI=1S/C21H23N3O3/c1-3-24-18-7-5-4-6-17(18)23-20(24)14(2)22-19(25)13-10-15-8-11-16(12-9-15)21(26)27/h4-9,11-12,14H,3,10,13H2,1-2H3,(H,22,25)(H,26,27). The second-order valence-corrected chi connectivity index (χ2v) is 6.49. The highest BCUT2D eigenvalue weighted by molar-refractivity contribution is 5.87. The molecule has 2 N–H and O–H groups in total. The SMILES string of the molecule is CCn1c(C(C)NC(=O)CCc2ccc(C(=O)O)cc2)nc2ccccc21. The summed E-state index contributed by atoms with van der Waals surface area (Å²) in [5, 5.41) is 11.9. The van der Waals surface area contributed by atoms with Crippen molar-refractivity contribution in [2.24, 2.45) is 0 Å². The lowest BCUT2D eigenvalue weighted by Gasteiger charge is -2.15. The molecule has 3 rings (SSSR count). The number of nitrogens with zero attached hydrogens (tertiary/aromatic N) is 2. The molecule has 0 aliphatic heterocycles. The number of hydrogen-bond acceptors (Lipinski definition) is 3. The minimum Gasteiger partial charge on any atom is -0.478 e. The number of para-hydroxylation sites is 2. The van der Waals surface area contributed by atoms with Crippen LogP contribution in [-0.2, 0) is 17.8 Å². The predicted molar refractivity (Wildman–Crippen MR) is 104 cm³/mol. The van der Waals surface area contributed by atoms with E-state index in [-0.39, 0.29) is 17.5 Å². The Kier molecular flexibility index (Phi) is 5.54. The van der Waals surface area contributed by atoms with E-state index < -0.39 is 5.97 Å². The molecule has 0 radical (unpaired) electrons. The van der Waals surface area contributed by atoms with Crippen LogP contribution >= 0.6 is 0 Å². The first-order chi connectivity index (χ1) is 13.0. The number of aromatic nitrogens is 2. The molecule has 0 fully saturated rings. The molecule has 0 aliphatic rings. The van der Waals surface area contributed by atoms with Crippen molar-refractivity contribution in [3.63, 3.8) is 0 Å². The number of amides is 1. The second kappa shape index (κ2) is 8.03. The minimum atomic E-state index is -0.952. The molecule has 1 atom stereocenters. The quantitative estimate of drug-likeness (QED) is 0.670. The molecule has 2 aromatic carbocycles. The van der Waals surface area contributed by atoms with Crippen molar-refractivity contribution in [1.29, 1.82) is 0 Å². The molecule has 3 aromatic rings. The fourth-order valence-corrected chi connectivity index (χ4v) is 3.21. The summed E-state index contributed by atoms with van der Waals surface area (Å²) in [6.45, 7) is 4.78. The van der Waals surface area contributed by atoms with Crippen molar-refractivity contribution in [3.05, 3.63) is 65.5 Å². The van der Waals surface area contributed by atoms with Crippen molar-refractivity contribution >= 4 is 22.9 Å². The van der Waals surface area contributed by atoms with Gasteiger partial charge in [-0.05, 0) is 50.1 Å². The fraction of sp³-hybridized carbons (Fsp3) is 0.286. The topological polar surface area (TPSA) is 84.2 Å². The molecule has 0 aliphatic carbocycles. The van der Waals surface area contributed by atoms with Crippen LogP contribution in [0.2, 0.25) is 0 Å². The van der Waals surface area contributed by atoms with Gasteiger partial charge in [0.2, 0.25) is 5.91 Å². The van der Waals surface area contributed by atoms with Crippen LogP contribution in [0.5, 0.6) is 0 Å². The van der Waals surface area contributed by atoms with Gasteiger partial charge < -0.3 is 15.0 Å². The van der Waals surface area contributed by atoms with Gasteiger partial charge in [-0.2, -0.15) is 0 Å². The number of carbonyl (C=O) groups is 2. The van der Waals surface area contributed by atoms with Crippen LogP contribution in [0.1, 0.15) is 48.1 Å². The summed E-state index contributed by atoms with van der Waals surface area (Å²) in [4.78, 5) is 27.9. The van der Waals surface area contributed by atoms with E-state index in [2.05, 4.69) is 21.8 Å². The van der Waals surface area contributed by atoms with E-state index in [9.17, 15) is 9.59 Å². The van der Waals surface area contributed by atoms with Crippen LogP contribution in [0.25, 0.3) is 11.0 Å². The molecule has 140 valence electrons. The van der Waals surface area contributed by atoms with E-state index in [0.29, 0.717) is 12.8 Å². The molecule has 0 spiro atoms. The highest BCUT2D eigenvalue weighted by Gasteiger charge is 2.17. The monoisotopic (exact) mass is 365 g/mol. The van der Waals surface area contributed by atoms with E-state index in [1.807, 2.05) is 31.2 Å². The van der Waals surface area contributed by atoms with E-state index in [1.165, 1.54) is 0 Å². The third-order valence-corrected chi connectivity index (χ3v) is 4.61. The molecule has 27 heavy (non-hydrogen) atoms. The summed E-state index contributed by atoms with van der Waals surface area (Å²) in [7, 11) is 0. The maximum atomic E-state index is 12.3. The Morgan fingerprint density at radius 1 is 1.15 bits per heavy atom. The zero-order valence-electron chi connectivity index (χ0n) is 15.5. The van der Waals surface area contributed by atoms with Gasteiger partial charge in [0.1, 0.15) is 5.82 Å². The van der Waals surface area contributed by atoms with Crippen molar-refractivity contribution in [2.45, 2.75) is 39.3 Å². The van der Waals surface area contributed by atoms with Gasteiger partial charge in [-0.1, -0.05) is 24.3 Å². The van der Waals surface area contributed by atoms with Crippen LogP contribution in [0.3, 0.4) is 0 Å². The second-order valence-electron chi connectivity index (χ2n) is 6.49. The molecule has 0 saturated carbocycles. The number of carboxylic acid groups (broad SMARTS) is 1. The number of fused-ring (bicyclic) bond motifs is 1. The van der Waals surface area contributed by atoms with Crippen molar-refractivity contribution < 1.29 is 14.7 Å². The summed E-state index contributed by atoms with van der Waals surface area (Å²) < 4.78 is 2.12. The average molecular weight is 365 g/mol. The number of hydrogen-bond donors (Lipinski definition) is 2. The largest absolute Gasteiger partial charge is 0.478 e. The number of rotatable bonds is 7. The zero-order valence-corrected chi connectivity index (χ0v) is 15.5. The molecule has 6 nitrogen and oxygen atoms in total. The van der Waals surface area contributed by atoms with Crippen molar-refractivity contribution in [1.82, 2.24) is 14.9 Å². The fourth-order valence-electron chi connectivity index (χ4n) is 3.21. The Bertz CT molecular complexity index is 960. The molecule has 1 unspecified atom stereocenters. The van der Waals surface area contributed by atoms with Gasteiger partial charge in [-0.25, -0.2) is 9.78 Å². The summed E-state index contributed by atoms with van der Waals surface area (Å²) in [5.41, 5.74) is 3.17. The lowest BCUT2D eigenvalue weighted by Crippen LogP contribution is -2.28. The van der Waals surface area contributed by atoms with Gasteiger partial charge in [0.25, 0.3) is 0 Å². The highest BCUT2D eigenvalue weighted by atomic mass is 16.4. The van der Waals surface area contributed by atoms with Gasteiger partial charge in [0.15, 0.2) is 0 Å². The van der Waals surface area contributed by atoms with Crippen molar-refractivity contribution in [3.8, 4) is 0 Å². The smallest absolute Gasteiger partial charge is 0.335 e. The maximum absolute atomic E-state index is 12.3. The molecule has 1 aromatic heterocycles. The summed E-state index contributed by atoms with van der Waals surface area (Å²) in [6.07, 6.45) is 0.895. The number of aromatic carboxylic acids is 1. The first-order valence-corrected chi connectivity index (χ1v) is 9.06. The normalized spacial score (nSPS) is 12.1. The first-order valence-electron chi connectivity index (χ1n) is 9.06. The summed E-state index contributed by atoms with van der Waals surface area (Å²) in [5.74, 6) is -0.163. The van der Waals surface area contributed by atoms with Crippen LogP contribution in [-0.4, -0.2) is 26.5 Å².